The Morgan fingerprint density at radius 2 is 2.00 bits per heavy atom. The van der Waals surface area contributed by atoms with Crippen LogP contribution in [0.3, 0.4) is 0 Å². The number of hydrogen-bond acceptors (Lipinski definition) is 3. The Hall–Kier alpha value is -2.38. The van der Waals surface area contributed by atoms with Crippen molar-refractivity contribution in [2.75, 3.05) is 26.7 Å². The zero-order valence-electron chi connectivity index (χ0n) is 17.3. The van der Waals surface area contributed by atoms with Crippen molar-refractivity contribution < 1.29 is 18.0 Å². The molecule has 2 aromatic rings. The highest BCUT2D eigenvalue weighted by Gasteiger charge is 2.33. The largest absolute Gasteiger partial charge is 0.417 e. The average molecular weight is 452 g/mol. The zero-order valence-corrected chi connectivity index (χ0v) is 18.0. The van der Waals surface area contributed by atoms with Gasteiger partial charge in [0, 0.05) is 57.1 Å². The first-order valence-electron chi connectivity index (χ1n) is 10.2. The van der Waals surface area contributed by atoms with Crippen LogP contribution in [0.5, 0.6) is 0 Å². The minimum atomic E-state index is -4.54. The average Bonchev–Trinajstić information content (AvgIpc) is 2.76. The minimum absolute atomic E-state index is 0.110. The molecular weight excluding hydrogens is 427 g/mol. The summed E-state index contributed by atoms with van der Waals surface area (Å²) in [4.78, 5) is 20.9. The van der Waals surface area contributed by atoms with E-state index in [1.807, 2.05) is 18.2 Å². The molecule has 0 radical (unpaired) electrons. The third-order valence-electron chi connectivity index (χ3n) is 5.58. The van der Waals surface area contributed by atoms with Gasteiger partial charge in [0.15, 0.2) is 0 Å². The highest BCUT2D eigenvalue weighted by molar-refractivity contribution is 6.31. The number of likely N-dealkylation sites (tertiary alicyclic amines) is 1. The molecule has 1 aromatic heterocycles. The summed E-state index contributed by atoms with van der Waals surface area (Å²) in [7, 11) is 1.74. The molecule has 1 aliphatic heterocycles. The molecule has 1 aliphatic rings. The monoisotopic (exact) mass is 451 g/mol. The van der Waals surface area contributed by atoms with Gasteiger partial charge < -0.3 is 9.80 Å². The molecule has 0 unspecified atom stereocenters. The predicted molar refractivity (Wildman–Crippen MR) is 116 cm³/mol. The van der Waals surface area contributed by atoms with E-state index in [4.69, 9.17) is 11.6 Å². The van der Waals surface area contributed by atoms with Crippen molar-refractivity contribution in [1.82, 2.24) is 14.8 Å². The van der Waals surface area contributed by atoms with Crippen molar-refractivity contribution in [2.24, 2.45) is 0 Å². The molecule has 31 heavy (non-hydrogen) atoms. The summed E-state index contributed by atoms with van der Waals surface area (Å²) in [5.74, 6) is -0.226. The second-order valence-corrected chi connectivity index (χ2v) is 8.07. The summed E-state index contributed by atoms with van der Waals surface area (Å²) in [6.45, 7) is 2.72. The lowest BCUT2D eigenvalue weighted by Gasteiger charge is -2.36. The van der Waals surface area contributed by atoms with Crippen molar-refractivity contribution in [1.29, 1.82) is 0 Å². The molecule has 0 spiro atoms. The number of hydrogen-bond donors (Lipinski definition) is 0. The molecule has 0 aliphatic carbocycles. The molecule has 8 heteroatoms. The number of pyridine rings is 1. The van der Waals surface area contributed by atoms with Crippen LogP contribution in [0.25, 0.3) is 6.08 Å². The number of alkyl halides is 3. The Morgan fingerprint density at radius 1 is 1.26 bits per heavy atom. The Kier molecular flexibility index (Phi) is 7.73. The Bertz CT molecular complexity index is 910. The van der Waals surface area contributed by atoms with Gasteiger partial charge in [-0.2, -0.15) is 13.2 Å². The van der Waals surface area contributed by atoms with Gasteiger partial charge in [0.1, 0.15) is 0 Å². The van der Waals surface area contributed by atoms with Crippen LogP contribution >= 0.6 is 11.6 Å². The van der Waals surface area contributed by atoms with Crippen molar-refractivity contribution in [3.05, 3.63) is 70.5 Å². The summed E-state index contributed by atoms with van der Waals surface area (Å²) in [6, 6.07) is 9.62. The number of aromatic nitrogens is 1. The zero-order chi connectivity index (χ0) is 22.4. The van der Waals surface area contributed by atoms with Gasteiger partial charge in [-0.1, -0.05) is 23.7 Å². The van der Waals surface area contributed by atoms with Crippen LogP contribution < -0.4 is 0 Å². The molecule has 2 heterocycles. The van der Waals surface area contributed by atoms with Gasteiger partial charge in [-0.25, -0.2) is 0 Å². The van der Waals surface area contributed by atoms with Gasteiger partial charge >= 0.3 is 6.18 Å². The number of carbonyl (C=O) groups is 1. The molecule has 4 nitrogen and oxygen atoms in total. The Balaban J connectivity index is 1.50. The number of amides is 1. The Labute approximate surface area is 185 Å². The van der Waals surface area contributed by atoms with E-state index in [-0.39, 0.29) is 22.5 Å². The highest BCUT2D eigenvalue weighted by atomic mass is 35.5. The third-order valence-corrected chi connectivity index (χ3v) is 5.91. The van der Waals surface area contributed by atoms with Crippen molar-refractivity contribution in [3.8, 4) is 0 Å². The Morgan fingerprint density at radius 3 is 2.65 bits per heavy atom. The lowest BCUT2D eigenvalue weighted by Crippen LogP contribution is -2.45. The normalized spacial score (nSPS) is 16.0. The van der Waals surface area contributed by atoms with Crippen LogP contribution in [0.15, 0.2) is 48.7 Å². The van der Waals surface area contributed by atoms with E-state index in [1.165, 1.54) is 24.3 Å². The fourth-order valence-corrected chi connectivity index (χ4v) is 3.90. The SMILES string of the molecule is CN(C(=O)C=Cc1ccc(Cl)c(C(F)(F)F)c1)C1CCN(CCc2ccccn2)CC1. The molecule has 0 atom stereocenters. The van der Waals surface area contributed by atoms with Gasteiger partial charge in [-0.3, -0.25) is 9.78 Å². The minimum Gasteiger partial charge on any atom is -0.339 e. The molecule has 0 N–H and O–H groups in total. The van der Waals surface area contributed by atoms with Gasteiger partial charge in [0.2, 0.25) is 5.91 Å². The maximum absolute atomic E-state index is 13.0. The number of nitrogens with zero attached hydrogens (tertiary/aromatic N) is 3. The van der Waals surface area contributed by atoms with E-state index in [0.717, 1.165) is 50.7 Å². The molecule has 1 fully saturated rings. The van der Waals surface area contributed by atoms with Crippen LogP contribution in [0, 0.1) is 0 Å². The molecule has 166 valence electrons. The quantitative estimate of drug-likeness (QED) is 0.584. The summed E-state index contributed by atoms with van der Waals surface area (Å²) in [5.41, 5.74) is 0.441. The van der Waals surface area contributed by atoms with Gasteiger partial charge in [-0.15, -0.1) is 0 Å². The number of benzene rings is 1. The van der Waals surface area contributed by atoms with Crippen molar-refractivity contribution >= 4 is 23.6 Å². The van der Waals surface area contributed by atoms with Crippen LogP contribution in [0.1, 0.15) is 29.7 Å². The van der Waals surface area contributed by atoms with E-state index in [0.29, 0.717) is 0 Å². The van der Waals surface area contributed by atoms with Crippen LogP contribution in [-0.4, -0.2) is 53.4 Å². The van der Waals surface area contributed by atoms with Crippen molar-refractivity contribution in [2.45, 2.75) is 31.5 Å². The van der Waals surface area contributed by atoms with Gasteiger partial charge in [-0.05, 0) is 48.7 Å². The van der Waals surface area contributed by atoms with E-state index in [9.17, 15) is 18.0 Å². The number of halogens is 4. The summed E-state index contributed by atoms with van der Waals surface area (Å²) in [6.07, 6.45) is 2.58. The summed E-state index contributed by atoms with van der Waals surface area (Å²) < 4.78 is 39.0. The van der Waals surface area contributed by atoms with Crippen LogP contribution in [0.4, 0.5) is 13.2 Å². The third kappa shape index (κ3) is 6.55. The van der Waals surface area contributed by atoms with E-state index in [2.05, 4.69) is 9.88 Å². The van der Waals surface area contributed by atoms with Gasteiger partial charge in [0.25, 0.3) is 0 Å². The van der Waals surface area contributed by atoms with Gasteiger partial charge in [0.05, 0.1) is 10.6 Å². The lowest BCUT2D eigenvalue weighted by atomic mass is 10.0. The number of piperidine rings is 1. The standard InChI is InChI=1S/C23H25ClF3N3O/c1-29(19-10-14-30(15-11-19)13-9-18-4-2-3-12-28-18)22(31)8-6-17-5-7-21(24)20(16-17)23(25,26)27/h2-8,12,16,19H,9-11,13-15H2,1H3. The first kappa shape index (κ1) is 23.3. The smallest absolute Gasteiger partial charge is 0.339 e. The molecule has 0 saturated carbocycles. The molecule has 1 aromatic carbocycles. The lowest BCUT2D eigenvalue weighted by molar-refractivity contribution is -0.137. The second-order valence-electron chi connectivity index (χ2n) is 7.66. The number of rotatable bonds is 6. The van der Waals surface area contributed by atoms with E-state index < -0.39 is 11.7 Å². The molecule has 1 saturated heterocycles. The maximum atomic E-state index is 13.0. The highest BCUT2D eigenvalue weighted by Crippen LogP contribution is 2.35. The number of carbonyl (C=O) groups excluding carboxylic acids is 1. The van der Waals surface area contributed by atoms with Crippen LogP contribution in [0.2, 0.25) is 5.02 Å². The van der Waals surface area contributed by atoms with E-state index >= 15 is 0 Å². The fraction of sp³-hybridized carbons (Fsp3) is 0.391. The van der Waals surface area contributed by atoms with Crippen LogP contribution in [-0.2, 0) is 17.4 Å². The molecule has 3 rings (SSSR count). The topological polar surface area (TPSA) is 36.4 Å². The molecular formula is C23H25ClF3N3O. The number of likely N-dealkylation sites (N-methyl/N-ethyl adjacent to an activating group) is 1. The first-order chi connectivity index (χ1) is 14.7. The predicted octanol–water partition coefficient (Wildman–Crippen LogP) is 4.93. The molecule has 1 amide bonds. The summed E-state index contributed by atoms with van der Waals surface area (Å²) in [5, 5.41) is -0.358. The maximum Gasteiger partial charge on any atom is 0.417 e. The first-order valence-corrected chi connectivity index (χ1v) is 10.6. The van der Waals surface area contributed by atoms with E-state index in [1.54, 1.807) is 18.1 Å². The summed E-state index contributed by atoms with van der Waals surface area (Å²) >= 11 is 5.64. The fourth-order valence-electron chi connectivity index (χ4n) is 3.68. The molecule has 0 bridgehead atoms. The second kappa shape index (κ2) is 10.3. The van der Waals surface area contributed by atoms with Crippen molar-refractivity contribution in [3.63, 3.8) is 0 Å².